The molecule has 0 aliphatic carbocycles. The van der Waals surface area contributed by atoms with Crippen LogP contribution in [0, 0.1) is 5.92 Å². The second-order valence-electron chi connectivity index (χ2n) is 7.62. The lowest BCUT2D eigenvalue weighted by atomic mass is 10.1. The zero-order chi connectivity index (χ0) is 22.7. The van der Waals surface area contributed by atoms with Crippen LogP contribution in [0.15, 0.2) is 25.3 Å². The van der Waals surface area contributed by atoms with E-state index in [1.54, 1.807) is 6.08 Å². The number of hydrogen-bond acceptors (Lipinski definition) is 1. The van der Waals surface area contributed by atoms with Gasteiger partial charge in [-0.25, -0.2) is 0 Å². The smallest absolute Gasteiger partial charge is 0.00666 e. The van der Waals surface area contributed by atoms with Crippen molar-refractivity contribution < 1.29 is 0 Å². The minimum absolute atomic E-state index is 0.408. The molecule has 2 atom stereocenters. The third kappa shape index (κ3) is 66.7. The molecule has 0 fully saturated rings. The highest BCUT2D eigenvalue weighted by Gasteiger charge is 2.16. The first-order valence-corrected chi connectivity index (χ1v) is 11.8. The van der Waals surface area contributed by atoms with Crippen LogP contribution in [0.4, 0.5) is 0 Å². The number of nitrogens with zero attached hydrogens (tertiary/aromatic N) is 1. The van der Waals surface area contributed by atoms with Crippen molar-refractivity contribution in [2.24, 2.45) is 5.92 Å². The van der Waals surface area contributed by atoms with Crippen molar-refractivity contribution in [2.75, 3.05) is 20.1 Å². The van der Waals surface area contributed by atoms with Gasteiger partial charge in [0.15, 0.2) is 0 Å². The molecule has 0 N–H and O–H groups in total. The molecule has 2 unspecified atom stereocenters. The van der Waals surface area contributed by atoms with Gasteiger partial charge in [-0.3, -0.25) is 0 Å². The molecular formula is C25H58NP. The van der Waals surface area contributed by atoms with E-state index in [0.29, 0.717) is 5.16 Å². The number of allylic oxidation sites excluding steroid dienone is 2. The van der Waals surface area contributed by atoms with Gasteiger partial charge in [0, 0.05) is 6.54 Å². The van der Waals surface area contributed by atoms with Gasteiger partial charge in [-0.15, -0.1) is 22.4 Å². The summed E-state index contributed by atoms with van der Waals surface area (Å²) in [6.07, 6.45) is 11.6. The van der Waals surface area contributed by atoms with Crippen LogP contribution < -0.4 is 0 Å². The maximum Gasteiger partial charge on any atom is 0.00666 e. The van der Waals surface area contributed by atoms with E-state index in [9.17, 15) is 0 Å². The Labute approximate surface area is 178 Å². The predicted molar refractivity (Wildman–Crippen MR) is 138 cm³/mol. The molecule has 1 nitrogen and oxygen atoms in total. The minimum Gasteiger partial charge on any atom is -0.306 e. The molecule has 0 aromatic rings. The fraction of sp³-hybridized carbons (Fsp3) is 0.840. The van der Waals surface area contributed by atoms with Gasteiger partial charge in [0.25, 0.3) is 0 Å². The fourth-order valence-electron chi connectivity index (χ4n) is 1.56. The van der Waals surface area contributed by atoms with Crippen LogP contribution in [-0.2, 0) is 0 Å². The molecule has 27 heavy (non-hydrogen) atoms. The maximum absolute atomic E-state index is 3.66. The lowest BCUT2D eigenvalue weighted by Crippen LogP contribution is -2.33. The van der Waals surface area contributed by atoms with Crippen molar-refractivity contribution >= 4 is 9.24 Å². The van der Waals surface area contributed by atoms with Gasteiger partial charge in [0.05, 0.1) is 0 Å². The van der Waals surface area contributed by atoms with Gasteiger partial charge < -0.3 is 4.90 Å². The average Bonchev–Trinajstić information content (AvgIpc) is 2.61. The molecule has 168 valence electrons. The molecule has 0 saturated heterocycles. The molecule has 0 spiro atoms. The first kappa shape index (κ1) is 37.6. The SMILES string of the molecule is C=CC.C=CCCCCCC.CC.CC(C)C.CCN(C)CC(C)(P)CC. The molecule has 0 rings (SSSR count). The monoisotopic (exact) mass is 403 g/mol. The van der Waals surface area contributed by atoms with E-state index >= 15 is 0 Å². The zero-order valence-corrected chi connectivity index (χ0v) is 22.5. The van der Waals surface area contributed by atoms with Crippen LogP contribution in [0.25, 0.3) is 0 Å². The molecule has 2 heteroatoms. The highest BCUT2D eigenvalue weighted by molar-refractivity contribution is 7.19. The molecule has 0 heterocycles. The van der Waals surface area contributed by atoms with Gasteiger partial charge >= 0.3 is 0 Å². The molecule has 0 aliphatic rings. The van der Waals surface area contributed by atoms with Crippen molar-refractivity contribution in [1.29, 1.82) is 0 Å². The number of rotatable bonds is 9. The van der Waals surface area contributed by atoms with Crippen LogP contribution in [0.5, 0.6) is 0 Å². The molecular weight excluding hydrogens is 345 g/mol. The van der Waals surface area contributed by atoms with Gasteiger partial charge in [-0.2, -0.15) is 0 Å². The Kier molecular flexibility index (Phi) is 46.6. The van der Waals surface area contributed by atoms with Crippen LogP contribution in [0.2, 0.25) is 0 Å². The normalized spacial score (nSPS) is 11.2. The molecule has 0 bridgehead atoms. The van der Waals surface area contributed by atoms with E-state index in [1.807, 2.05) is 26.8 Å². The molecule has 0 aromatic carbocycles. The highest BCUT2D eigenvalue weighted by atomic mass is 31.0. The summed E-state index contributed by atoms with van der Waals surface area (Å²) in [7, 11) is 5.09. The highest BCUT2D eigenvalue weighted by Crippen LogP contribution is 2.22. The van der Waals surface area contributed by atoms with Crippen molar-refractivity contribution in [2.45, 2.75) is 113 Å². The first-order chi connectivity index (χ1) is 12.6. The van der Waals surface area contributed by atoms with Crippen LogP contribution in [0.3, 0.4) is 0 Å². The molecule has 0 amide bonds. The van der Waals surface area contributed by atoms with Gasteiger partial charge in [-0.1, -0.05) is 93.7 Å². The second-order valence-corrected chi connectivity index (χ2v) is 9.01. The van der Waals surface area contributed by atoms with Crippen molar-refractivity contribution in [3.8, 4) is 0 Å². The fourth-order valence-corrected chi connectivity index (χ4v) is 1.87. The Morgan fingerprint density at radius 2 is 1.41 bits per heavy atom. The van der Waals surface area contributed by atoms with E-state index in [-0.39, 0.29) is 0 Å². The molecule has 0 aliphatic heterocycles. The Bertz CT molecular complexity index is 244. The summed E-state index contributed by atoms with van der Waals surface area (Å²) in [6, 6.07) is 0. The second kappa shape index (κ2) is 33.5. The topological polar surface area (TPSA) is 3.24 Å². The average molecular weight is 404 g/mol. The maximum atomic E-state index is 3.66. The number of unbranched alkanes of at least 4 members (excludes halogenated alkanes) is 4. The third-order valence-electron chi connectivity index (χ3n) is 3.24. The summed E-state index contributed by atoms with van der Waals surface area (Å²) in [6.45, 7) is 30.7. The lowest BCUT2D eigenvalue weighted by molar-refractivity contribution is 0.313. The van der Waals surface area contributed by atoms with E-state index in [2.05, 4.69) is 82.8 Å². The van der Waals surface area contributed by atoms with Gasteiger partial charge in [0.1, 0.15) is 0 Å². The molecule has 0 radical (unpaired) electrons. The minimum atomic E-state index is 0.408. The predicted octanol–water partition coefficient (Wildman–Crippen LogP) is 9.01. The summed E-state index contributed by atoms with van der Waals surface area (Å²) in [5.74, 6) is 0.833. The van der Waals surface area contributed by atoms with Gasteiger partial charge in [-0.05, 0) is 50.9 Å². The van der Waals surface area contributed by atoms with E-state index in [1.165, 1.54) is 45.1 Å². The standard InChI is InChI=1S/C8H20NP.C8H16.C4H10.C3H6.C2H6/c1-5-8(3,10)7-9(4)6-2;1-3-5-7-8-6-4-2;1-4(2)3;1-3-2;1-2/h5-7,10H2,1-4H3;3H,1,4-8H2,2H3;4H,1-3H3;3H,1H2,2H3;1-2H3. The van der Waals surface area contributed by atoms with Crippen molar-refractivity contribution in [1.82, 2.24) is 4.90 Å². The Balaban J connectivity index is -0.0000000845. The van der Waals surface area contributed by atoms with Crippen LogP contribution in [-0.4, -0.2) is 30.2 Å². The number of hydrogen-bond donors (Lipinski definition) is 0. The lowest BCUT2D eigenvalue weighted by Gasteiger charge is -2.27. The van der Waals surface area contributed by atoms with E-state index in [0.717, 1.165) is 12.5 Å². The Hall–Kier alpha value is -0.130. The summed E-state index contributed by atoms with van der Waals surface area (Å²) >= 11 is 0. The van der Waals surface area contributed by atoms with E-state index < -0.39 is 0 Å². The summed E-state index contributed by atoms with van der Waals surface area (Å²) in [4.78, 5) is 2.34. The molecule has 0 aromatic heterocycles. The van der Waals surface area contributed by atoms with E-state index in [4.69, 9.17) is 0 Å². The summed E-state index contributed by atoms with van der Waals surface area (Å²) in [5.41, 5.74) is 0. The van der Waals surface area contributed by atoms with Crippen LogP contribution >= 0.6 is 9.24 Å². The zero-order valence-electron chi connectivity index (χ0n) is 21.3. The third-order valence-corrected chi connectivity index (χ3v) is 3.83. The molecule has 0 saturated carbocycles. The largest absolute Gasteiger partial charge is 0.306 e. The Morgan fingerprint density at radius 1 is 1.00 bits per heavy atom. The quantitative estimate of drug-likeness (QED) is 0.211. The van der Waals surface area contributed by atoms with Crippen molar-refractivity contribution in [3.05, 3.63) is 25.3 Å². The van der Waals surface area contributed by atoms with Crippen molar-refractivity contribution in [3.63, 3.8) is 0 Å². The summed E-state index contributed by atoms with van der Waals surface area (Å²) in [5, 5.41) is 0.408. The summed E-state index contributed by atoms with van der Waals surface area (Å²) < 4.78 is 0. The Morgan fingerprint density at radius 3 is 1.67 bits per heavy atom. The van der Waals surface area contributed by atoms with Crippen LogP contribution in [0.1, 0.15) is 108 Å². The van der Waals surface area contributed by atoms with Gasteiger partial charge in [0.2, 0.25) is 0 Å². The first-order valence-electron chi connectivity index (χ1n) is 11.2.